The lowest BCUT2D eigenvalue weighted by molar-refractivity contribution is 0.0407. The molecule has 2 aliphatic heterocycles. The summed E-state index contributed by atoms with van der Waals surface area (Å²) in [6.07, 6.45) is 9.35. The Kier molecular flexibility index (Phi) is 15.2. The first-order chi connectivity index (χ1) is 31.5. The summed E-state index contributed by atoms with van der Waals surface area (Å²) < 4.78 is 24.1. The van der Waals surface area contributed by atoms with Crippen molar-refractivity contribution in [3.05, 3.63) is 143 Å². The number of ether oxygens (including phenoxy) is 4. The lowest BCUT2D eigenvalue weighted by Gasteiger charge is -2.34. The zero-order valence-corrected chi connectivity index (χ0v) is 36.3. The number of nitrogens with one attached hydrogen (secondary N) is 2. The molecule has 16 nitrogen and oxygen atoms in total. The van der Waals surface area contributed by atoms with Crippen LogP contribution in [0.5, 0.6) is 12.0 Å². The molecule has 330 valence electrons. The zero-order valence-electron chi connectivity index (χ0n) is 36.3. The van der Waals surface area contributed by atoms with E-state index >= 15 is 0 Å². The summed E-state index contributed by atoms with van der Waals surface area (Å²) in [5, 5.41) is 9.04. The number of hydrogen-bond acceptors (Lipinski definition) is 16. The van der Waals surface area contributed by atoms with Crippen LogP contribution in [-0.4, -0.2) is 108 Å². The van der Waals surface area contributed by atoms with Gasteiger partial charge in [0.1, 0.15) is 11.6 Å². The predicted molar refractivity (Wildman–Crippen MR) is 249 cm³/mol. The molecule has 16 heteroatoms. The topological polar surface area (TPSA) is 170 Å². The van der Waals surface area contributed by atoms with Gasteiger partial charge in [0.05, 0.1) is 51.6 Å². The van der Waals surface area contributed by atoms with Gasteiger partial charge in [0.2, 0.25) is 0 Å². The molecule has 2 N–H and O–H groups in total. The summed E-state index contributed by atoms with van der Waals surface area (Å²) in [6, 6.07) is 32.6. The van der Waals surface area contributed by atoms with Gasteiger partial charge in [-0.2, -0.15) is 30.1 Å². The van der Waals surface area contributed by atoms with Crippen LogP contribution in [0, 0.1) is 6.92 Å². The monoisotopic (exact) mass is 862 g/mol. The summed E-state index contributed by atoms with van der Waals surface area (Å²) in [5.74, 6) is 2.61. The highest BCUT2D eigenvalue weighted by atomic mass is 16.5. The SMILES string of the molecule is Cc1cccc(/C=N/Nc2cc(N3CCOC(Cc4cccc(/C=N/Nc5cc(N6CCOCC6)nc(OCC(C)c6ccccn6)n5)c4)C3)nc(OCCCc3ccccn3)n2)c1. The van der Waals surface area contributed by atoms with Crippen LogP contribution in [0.15, 0.2) is 120 Å². The number of anilines is 4. The van der Waals surface area contributed by atoms with E-state index in [1.54, 1.807) is 24.8 Å². The molecule has 4 aromatic heterocycles. The fourth-order valence-electron chi connectivity index (χ4n) is 7.31. The Labute approximate surface area is 373 Å². The van der Waals surface area contributed by atoms with Crippen molar-refractivity contribution in [2.45, 2.75) is 45.1 Å². The van der Waals surface area contributed by atoms with E-state index in [2.05, 4.69) is 88.9 Å². The van der Waals surface area contributed by atoms with Gasteiger partial charge in [0.25, 0.3) is 0 Å². The standard InChI is InChI=1S/C48H54N12O4/c1-35-10-7-12-38(26-35)31-51-58-44-30-46(56-47(53-44)63-22-9-15-40-14-3-5-17-49-40)60-21-25-62-41(33-60)28-37-11-8-13-39(27-37)32-52-57-43-29-45(59-19-23-61-24-20-59)55-48(54-43)64-34-36(2)42-16-4-6-18-50-42/h3-8,10-14,16-18,26-27,29-32,36,41H,9,15,19-25,28,33-34H2,1-2H3,(H,53,56,58)(H,54,55,57)/b51-31+,52-32+. The molecule has 2 atom stereocenters. The van der Waals surface area contributed by atoms with Crippen LogP contribution in [0.3, 0.4) is 0 Å². The van der Waals surface area contributed by atoms with Crippen LogP contribution in [0.1, 0.15) is 52.9 Å². The molecule has 0 aliphatic carbocycles. The van der Waals surface area contributed by atoms with E-state index in [9.17, 15) is 0 Å². The van der Waals surface area contributed by atoms with Gasteiger partial charge in [0.15, 0.2) is 11.6 Å². The summed E-state index contributed by atoms with van der Waals surface area (Å²) in [6.45, 7) is 9.52. The number of benzene rings is 2. The maximum atomic E-state index is 6.30. The molecule has 0 bridgehead atoms. The van der Waals surface area contributed by atoms with Gasteiger partial charge in [-0.15, -0.1) is 0 Å². The van der Waals surface area contributed by atoms with Crippen molar-refractivity contribution in [3.8, 4) is 12.0 Å². The molecule has 2 aromatic carbocycles. The number of aryl methyl sites for hydroxylation is 2. The van der Waals surface area contributed by atoms with Gasteiger partial charge in [0, 0.05) is 74.4 Å². The van der Waals surface area contributed by atoms with Gasteiger partial charge in [-0.05, 0) is 60.7 Å². The number of morpholine rings is 2. The van der Waals surface area contributed by atoms with Crippen molar-refractivity contribution in [1.29, 1.82) is 0 Å². The highest BCUT2D eigenvalue weighted by Crippen LogP contribution is 2.25. The van der Waals surface area contributed by atoms with Crippen molar-refractivity contribution in [2.24, 2.45) is 10.2 Å². The van der Waals surface area contributed by atoms with Crippen LogP contribution in [-0.2, 0) is 22.3 Å². The molecular formula is C48H54N12O4. The molecule has 6 aromatic rings. The third kappa shape index (κ3) is 13.0. The minimum atomic E-state index is -0.0778. The highest BCUT2D eigenvalue weighted by Gasteiger charge is 2.24. The van der Waals surface area contributed by atoms with Gasteiger partial charge in [-0.3, -0.25) is 20.8 Å². The summed E-state index contributed by atoms with van der Waals surface area (Å²) in [5.41, 5.74) is 12.4. The van der Waals surface area contributed by atoms with Crippen molar-refractivity contribution in [2.75, 3.05) is 79.9 Å². The number of hydrogen-bond donors (Lipinski definition) is 2. The fourth-order valence-corrected chi connectivity index (χ4v) is 7.31. The van der Waals surface area contributed by atoms with Crippen LogP contribution in [0.25, 0.3) is 0 Å². The highest BCUT2D eigenvalue weighted by molar-refractivity contribution is 5.81. The normalized spacial score (nSPS) is 15.9. The Morgan fingerprint density at radius 1 is 0.734 bits per heavy atom. The van der Waals surface area contributed by atoms with E-state index < -0.39 is 0 Å². The van der Waals surface area contributed by atoms with Crippen molar-refractivity contribution < 1.29 is 18.9 Å². The van der Waals surface area contributed by atoms with Gasteiger partial charge >= 0.3 is 12.0 Å². The maximum Gasteiger partial charge on any atom is 0.320 e. The Hall–Kier alpha value is -7.04. The second-order valence-electron chi connectivity index (χ2n) is 15.7. The van der Waals surface area contributed by atoms with E-state index in [1.807, 2.05) is 72.8 Å². The Morgan fingerprint density at radius 3 is 2.14 bits per heavy atom. The summed E-state index contributed by atoms with van der Waals surface area (Å²) in [7, 11) is 0. The maximum absolute atomic E-state index is 6.30. The quantitative estimate of drug-likeness (QED) is 0.0499. The second-order valence-corrected chi connectivity index (χ2v) is 15.7. The van der Waals surface area contributed by atoms with E-state index in [0.717, 1.165) is 71.2 Å². The third-order valence-electron chi connectivity index (χ3n) is 10.6. The number of nitrogens with zero attached hydrogens (tertiary/aromatic N) is 10. The van der Waals surface area contributed by atoms with Gasteiger partial charge < -0.3 is 28.7 Å². The second kappa shape index (κ2) is 22.4. The number of pyridine rings is 2. The molecule has 8 rings (SSSR count). The molecule has 2 saturated heterocycles. The molecule has 2 fully saturated rings. The van der Waals surface area contributed by atoms with Crippen LogP contribution in [0.4, 0.5) is 23.3 Å². The average molecular weight is 863 g/mol. The van der Waals surface area contributed by atoms with Crippen molar-refractivity contribution in [3.63, 3.8) is 0 Å². The van der Waals surface area contributed by atoms with E-state index in [1.165, 1.54) is 0 Å². The summed E-state index contributed by atoms with van der Waals surface area (Å²) >= 11 is 0. The smallest absolute Gasteiger partial charge is 0.320 e. The lowest BCUT2D eigenvalue weighted by Crippen LogP contribution is -2.44. The number of aromatic nitrogens is 6. The first-order valence-corrected chi connectivity index (χ1v) is 21.8. The number of hydrazone groups is 2. The lowest BCUT2D eigenvalue weighted by atomic mass is 10.0. The first-order valence-electron chi connectivity index (χ1n) is 21.8. The molecule has 0 amide bonds. The number of rotatable bonds is 19. The predicted octanol–water partition coefficient (Wildman–Crippen LogP) is 6.74. The molecule has 2 aliphatic rings. The zero-order chi connectivity index (χ0) is 43.8. The summed E-state index contributed by atoms with van der Waals surface area (Å²) in [4.78, 5) is 32.1. The molecular weight excluding hydrogens is 809 g/mol. The van der Waals surface area contributed by atoms with Crippen molar-refractivity contribution in [1.82, 2.24) is 29.9 Å². The largest absolute Gasteiger partial charge is 0.463 e. The molecule has 2 unspecified atom stereocenters. The van der Waals surface area contributed by atoms with Gasteiger partial charge in [-0.1, -0.05) is 73.2 Å². The van der Waals surface area contributed by atoms with Gasteiger partial charge in [-0.25, -0.2) is 0 Å². The Morgan fingerprint density at radius 2 is 1.42 bits per heavy atom. The molecule has 6 heterocycles. The molecule has 64 heavy (non-hydrogen) atoms. The third-order valence-corrected chi connectivity index (χ3v) is 10.6. The van der Waals surface area contributed by atoms with Crippen LogP contribution >= 0.6 is 0 Å². The molecule has 0 spiro atoms. The molecule has 0 saturated carbocycles. The van der Waals surface area contributed by atoms with E-state index in [0.29, 0.717) is 64.2 Å². The van der Waals surface area contributed by atoms with Crippen molar-refractivity contribution >= 4 is 35.7 Å². The average Bonchev–Trinajstić information content (AvgIpc) is 3.33. The van der Waals surface area contributed by atoms with E-state index in [-0.39, 0.29) is 24.0 Å². The Balaban J connectivity index is 0.908. The van der Waals surface area contributed by atoms with E-state index in [4.69, 9.17) is 28.9 Å². The minimum Gasteiger partial charge on any atom is -0.463 e. The fraction of sp³-hybridized carbons (Fsp3) is 0.333. The first kappa shape index (κ1) is 43.6. The van der Waals surface area contributed by atoms with Crippen LogP contribution in [0.2, 0.25) is 0 Å². The Bertz CT molecular complexity index is 2450. The molecule has 0 radical (unpaired) electrons. The minimum absolute atomic E-state index is 0.0597. The van der Waals surface area contributed by atoms with Crippen LogP contribution < -0.4 is 30.1 Å².